The molecule has 0 amide bonds. The van der Waals surface area contributed by atoms with Crippen molar-refractivity contribution >= 4 is 185 Å². The minimum atomic E-state index is -3.11. The number of nitrogens with two attached hydrogens (primary N) is 4. The van der Waals surface area contributed by atoms with Gasteiger partial charge in [0.15, 0.2) is 5.13 Å². The number of H-pyrrole nitrogens is 1. The molecule has 0 aliphatic carbocycles. The molecule has 10 rings (SSSR count). The number of nitrogen functional groups attached to an aromatic ring is 3. The summed E-state index contributed by atoms with van der Waals surface area (Å²) in [5, 5.41) is 9.39. The number of carboxylic acid groups (broad SMARTS) is 1. The molecular weight excluding hydrogens is 1230 g/mol. The van der Waals surface area contributed by atoms with Gasteiger partial charge in [-0.2, -0.15) is 11.0 Å². The SMILES string of the molecule is C.C.C.C.C.C.Clc1ccc2ncsc2n1.NCc1ccc2ncsc2n1.Nc1ccc(Cl)[nH]c1=S.Nc1ccc(Cl)nc1.Nc1nc2ccc(Cl)nc2s1.O=CO.O=[S-](=O)[O-].[C-]#[N+]c1ccc2ncsc2n1.[Na+].[Na+].[Na+].[OH-]. The van der Waals surface area contributed by atoms with Crippen LogP contribution >= 0.6 is 104 Å². The molecule has 0 fully saturated rings. The number of aromatic amines is 1. The van der Waals surface area contributed by atoms with E-state index in [0.717, 1.165) is 47.1 Å². The number of aromatic nitrogens is 10. The van der Waals surface area contributed by atoms with E-state index in [1.54, 1.807) is 65.1 Å². The van der Waals surface area contributed by atoms with Crippen LogP contribution in [0.15, 0.2) is 95.5 Å². The Morgan fingerprint density at radius 3 is 1.51 bits per heavy atom. The quantitative estimate of drug-likeness (QED) is 0.0189. The maximum absolute atomic E-state index is 8.44. The molecule has 10 aromatic rings. The first-order valence-electron chi connectivity index (χ1n) is 17.4. The standard InChI is InChI=1S/C7H3N3S.C7H7N3S.C6H4ClN3S.C6H3ClN2S.C5H5ClN2S.C5H5ClN2.CH2O2.6CH4.3Na.O3S.H2O/c1-8-6-3-2-5-7(10-6)11-4-9-5;8-3-5-1-2-6-7(10-5)11-4-9-6;7-4-2-1-3-5(10-4)11-6(8)9-3;7-5-2-1-4-6(9-5)10-3-8-4;6-4-2-1-3(7)5(9)8-4;6-5-2-1-4(7)3-8-5;2-1-3;;;;;;;;;;1-4(2)3;/h2-4H;1-2,4H,3,8H2;1-2H,(H2,8,9);1-3H;1-2H,7H2,(H,8,9);1-3H,7H2;1H,(H,2,3);6*1H4;;;;;1H2/q;;;;;;;;;;;;;3*+1;-2;/p-1. The van der Waals surface area contributed by atoms with Crippen molar-refractivity contribution in [1.29, 1.82) is 0 Å². The van der Waals surface area contributed by atoms with Crippen LogP contribution in [-0.4, -0.2) is 71.4 Å². The number of rotatable bonds is 1. The molecule has 10 heterocycles. The summed E-state index contributed by atoms with van der Waals surface area (Å²) in [5.74, 6) is 0.432. The maximum atomic E-state index is 8.44. The molecular formula is C43H54Cl4N15Na3O6S6. The molecule has 0 aliphatic heterocycles. The average Bonchev–Trinajstić information content (AvgIpc) is 4.14. The number of hydrogen-bond acceptors (Lipinski definition) is 24. The zero-order valence-corrected chi connectivity index (χ0v) is 50.7. The normalized spacial score (nSPS) is 8.44. The molecule has 0 aromatic carbocycles. The summed E-state index contributed by atoms with van der Waals surface area (Å²) in [6, 6.07) is 21.1. The van der Waals surface area contributed by atoms with Gasteiger partial charge in [-0.3, -0.25) is 4.79 Å². The Morgan fingerprint density at radius 1 is 0.649 bits per heavy atom. The molecule has 0 bridgehead atoms. The largest absolute Gasteiger partial charge is 1.00 e. The summed E-state index contributed by atoms with van der Waals surface area (Å²) in [5.41, 5.74) is 32.5. The van der Waals surface area contributed by atoms with Crippen LogP contribution in [0.2, 0.25) is 20.6 Å². The fourth-order valence-electron chi connectivity index (χ4n) is 4.09. The van der Waals surface area contributed by atoms with E-state index < -0.39 is 11.0 Å². The number of hydrogen-bond donors (Lipinski definition) is 6. The average molecular weight is 1280 g/mol. The summed E-state index contributed by atoms with van der Waals surface area (Å²) in [6.45, 7) is 6.96. The second-order valence-electron chi connectivity index (χ2n) is 11.3. The molecule has 11 N–H and O–H groups in total. The molecule has 0 atom stereocenters. The predicted octanol–water partition coefficient (Wildman–Crippen LogP) is 4.74. The van der Waals surface area contributed by atoms with Gasteiger partial charge in [0, 0.05) is 6.54 Å². The van der Waals surface area contributed by atoms with Crippen LogP contribution in [0.1, 0.15) is 50.3 Å². The van der Waals surface area contributed by atoms with Crippen LogP contribution in [0.25, 0.3) is 46.2 Å². The molecule has 404 valence electrons. The Balaban J connectivity index is -0.000000118. The fraction of sp³-hybridized carbons (Fsp3) is 0.163. The Hall–Kier alpha value is -2.97. The van der Waals surface area contributed by atoms with E-state index in [2.05, 4.69) is 54.7 Å². The third-order valence-corrected chi connectivity index (χ3v) is 11.0. The van der Waals surface area contributed by atoms with E-state index in [9.17, 15) is 0 Å². The molecule has 0 unspecified atom stereocenters. The second kappa shape index (κ2) is 50.0. The van der Waals surface area contributed by atoms with Gasteiger partial charge >= 0.3 is 88.7 Å². The summed E-state index contributed by atoms with van der Waals surface area (Å²) in [4.78, 5) is 54.2. The first kappa shape index (κ1) is 90.6. The van der Waals surface area contributed by atoms with E-state index in [1.807, 2.05) is 24.3 Å². The van der Waals surface area contributed by atoms with Gasteiger partial charge < -0.3 is 56.3 Å². The molecule has 10 aromatic heterocycles. The van der Waals surface area contributed by atoms with Gasteiger partial charge in [-0.05, 0) is 72.8 Å². The number of anilines is 3. The van der Waals surface area contributed by atoms with Gasteiger partial charge in [-0.1, -0.05) is 132 Å². The number of nitrogens with zero attached hydrogens (tertiary/aromatic N) is 10. The van der Waals surface area contributed by atoms with Crippen molar-refractivity contribution < 1.29 is 117 Å². The number of thiazole rings is 4. The summed E-state index contributed by atoms with van der Waals surface area (Å²) < 4.78 is 25.8. The van der Waals surface area contributed by atoms with Crippen LogP contribution in [0.4, 0.5) is 22.3 Å². The van der Waals surface area contributed by atoms with Gasteiger partial charge in [0.05, 0.1) is 45.3 Å². The van der Waals surface area contributed by atoms with Crippen molar-refractivity contribution in [3.63, 3.8) is 0 Å². The number of carbonyl (C=O) groups is 1. The van der Waals surface area contributed by atoms with Gasteiger partial charge in [0.1, 0.15) is 56.3 Å². The van der Waals surface area contributed by atoms with E-state index >= 15 is 0 Å². The molecule has 0 spiro atoms. The second-order valence-corrected chi connectivity index (χ2v) is 17.2. The summed E-state index contributed by atoms with van der Waals surface area (Å²) >= 11 is 32.9. The Kier molecular flexibility index (Phi) is 58.8. The van der Waals surface area contributed by atoms with Crippen LogP contribution in [0.5, 0.6) is 0 Å². The number of halogens is 4. The van der Waals surface area contributed by atoms with Gasteiger partial charge in [-0.25, -0.2) is 39.9 Å². The van der Waals surface area contributed by atoms with E-state index in [1.165, 1.54) is 51.5 Å². The Bertz CT molecular complexity index is 3290. The van der Waals surface area contributed by atoms with Crippen molar-refractivity contribution in [2.24, 2.45) is 5.73 Å². The third-order valence-electron chi connectivity index (χ3n) is 6.81. The van der Waals surface area contributed by atoms with E-state index in [4.69, 9.17) is 111 Å². The molecule has 0 saturated carbocycles. The van der Waals surface area contributed by atoms with Crippen LogP contribution in [0.3, 0.4) is 0 Å². The monoisotopic (exact) mass is 1280 g/mol. The van der Waals surface area contributed by atoms with Crippen molar-refractivity contribution in [2.75, 3.05) is 17.2 Å². The molecule has 21 nitrogen and oxygen atoms in total. The molecule has 0 radical (unpaired) electrons. The van der Waals surface area contributed by atoms with Crippen molar-refractivity contribution in [3.8, 4) is 0 Å². The smallest absolute Gasteiger partial charge is 0.917 e. The van der Waals surface area contributed by atoms with Crippen molar-refractivity contribution in [1.82, 2.24) is 49.8 Å². The van der Waals surface area contributed by atoms with Crippen LogP contribution in [-0.2, 0) is 30.7 Å². The van der Waals surface area contributed by atoms with E-state index in [0.29, 0.717) is 54.1 Å². The summed E-state index contributed by atoms with van der Waals surface area (Å²) in [7, 11) is -3.11. The summed E-state index contributed by atoms with van der Waals surface area (Å²) in [6.07, 6.45) is 1.52. The molecule has 0 aliphatic rings. The first-order valence-corrected chi connectivity index (χ1v) is 23.8. The van der Waals surface area contributed by atoms with Gasteiger partial charge in [0.25, 0.3) is 12.3 Å². The number of nitrogens with one attached hydrogen (secondary N) is 1. The Morgan fingerprint density at radius 2 is 1.08 bits per heavy atom. The molecule has 34 heteroatoms. The third kappa shape index (κ3) is 35.4. The van der Waals surface area contributed by atoms with Crippen molar-refractivity contribution in [2.45, 2.75) is 51.1 Å². The van der Waals surface area contributed by atoms with Crippen LogP contribution < -0.4 is 112 Å². The predicted molar refractivity (Wildman–Crippen MR) is 313 cm³/mol. The zero-order chi connectivity index (χ0) is 49.3. The molecule has 77 heavy (non-hydrogen) atoms. The number of pyridine rings is 6. The maximum Gasteiger partial charge on any atom is 1.00 e. The van der Waals surface area contributed by atoms with Gasteiger partial charge in [-0.15, -0.1) is 27.7 Å². The fourth-order valence-corrected chi connectivity index (χ4v) is 7.69. The van der Waals surface area contributed by atoms with Gasteiger partial charge in [0.2, 0.25) is 4.83 Å². The Labute approximate surface area is 556 Å². The topological polar surface area (TPSA) is 365 Å². The van der Waals surface area contributed by atoms with Crippen molar-refractivity contribution in [3.05, 3.63) is 138 Å². The zero-order valence-electron chi connectivity index (χ0n) is 36.8. The van der Waals surface area contributed by atoms with E-state index in [-0.39, 0.29) is 145 Å². The minimum Gasteiger partial charge on any atom is -0.917 e. The first-order chi connectivity index (χ1) is 32.0. The molecule has 0 saturated heterocycles. The minimum absolute atomic E-state index is 0. The number of fused-ring (bicyclic) bond motifs is 4. The van der Waals surface area contributed by atoms with Crippen LogP contribution in [0, 0.1) is 11.2 Å².